The van der Waals surface area contributed by atoms with Crippen LogP contribution in [0.3, 0.4) is 0 Å². The number of ether oxygens (including phenoxy) is 1. The third-order valence-corrected chi connectivity index (χ3v) is 5.14. The second-order valence-electron chi connectivity index (χ2n) is 7.64. The van der Waals surface area contributed by atoms with E-state index in [1.807, 2.05) is 36.4 Å². The molecule has 1 saturated heterocycles. The Labute approximate surface area is 216 Å². The summed E-state index contributed by atoms with van der Waals surface area (Å²) in [7, 11) is 0. The highest BCUT2D eigenvalue weighted by Gasteiger charge is 2.10. The Bertz CT molecular complexity index is 843. The number of rotatable bonds is 9. The summed E-state index contributed by atoms with van der Waals surface area (Å²) in [5.74, 6) is 1.48. The third kappa shape index (κ3) is 11.6. The maximum absolute atomic E-state index is 5.93. The van der Waals surface area contributed by atoms with Crippen molar-refractivity contribution in [3.05, 3.63) is 65.7 Å². The summed E-state index contributed by atoms with van der Waals surface area (Å²) in [6.45, 7) is 5.04. The Morgan fingerprint density at radius 3 is 2.21 bits per heavy atom. The molecule has 0 spiro atoms. The highest BCUT2D eigenvalue weighted by atomic mass is 35.5. The van der Waals surface area contributed by atoms with Crippen LogP contribution in [0.2, 0.25) is 0 Å². The summed E-state index contributed by atoms with van der Waals surface area (Å²) in [6, 6.07) is 18.3. The lowest BCUT2D eigenvalue weighted by Crippen LogP contribution is -2.31. The van der Waals surface area contributed by atoms with Crippen LogP contribution in [-0.4, -0.2) is 42.8 Å². The van der Waals surface area contributed by atoms with Gasteiger partial charge in [-0.3, -0.25) is 14.9 Å². The average Bonchev–Trinajstić information content (AvgIpc) is 2.79. The molecule has 2 aromatic carbocycles. The maximum Gasteiger partial charge on any atom is 0.161 e. The number of amidine groups is 2. The van der Waals surface area contributed by atoms with E-state index < -0.39 is 0 Å². The SMILES string of the molecule is Cl.Cl.Cl.NC(=NCCCOc1cccc(CN2CCCCC2)c1)C(N)=NCc1ccccc1. The van der Waals surface area contributed by atoms with Crippen molar-refractivity contribution >= 4 is 48.9 Å². The minimum atomic E-state index is 0. The predicted octanol–water partition coefficient (Wildman–Crippen LogP) is 4.62. The summed E-state index contributed by atoms with van der Waals surface area (Å²) >= 11 is 0. The lowest BCUT2D eigenvalue weighted by Gasteiger charge is -2.26. The van der Waals surface area contributed by atoms with E-state index in [-0.39, 0.29) is 48.9 Å². The Balaban J connectivity index is 0.00000341. The molecule has 9 heteroatoms. The van der Waals surface area contributed by atoms with Crippen LogP contribution in [0.1, 0.15) is 36.8 Å². The number of hydrogen-bond acceptors (Lipinski definition) is 4. The number of benzene rings is 2. The monoisotopic (exact) mass is 515 g/mol. The number of halogens is 3. The lowest BCUT2D eigenvalue weighted by molar-refractivity contribution is 0.220. The van der Waals surface area contributed by atoms with Crippen molar-refractivity contribution in [1.82, 2.24) is 4.90 Å². The van der Waals surface area contributed by atoms with E-state index in [1.165, 1.54) is 37.9 Å². The molecule has 1 heterocycles. The Kier molecular flexibility index (Phi) is 16.4. The van der Waals surface area contributed by atoms with Crippen molar-refractivity contribution in [2.24, 2.45) is 21.5 Å². The van der Waals surface area contributed by atoms with Gasteiger partial charge in [0.1, 0.15) is 5.75 Å². The van der Waals surface area contributed by atoms with Crippen LogP contribution in [0.5, 0.6) is 5.75 Å². The largest absolute Gasteiger partial charge is 0.494 e. The van der Waals surface area contributed by atoms with Gasteiger partial charge in [0.15, 0.2) is 11.7 Å². The maximum atomic E-state index is 5.93. The van der Waals surface area contributed by atoms with Crippen LogP contribution in [0.4, 0.5) is 0 Å². The number of piperidine rings is 1. The molecule has 1 fully saturated rings. The van der Waals surface area contributed by atoms with E-state index in [0.29, 0.717) is 19.7 Å². The topological polar surface area (TPSA) is 89.2 Å². The van der Waals surface area contributed by atoms with E-state index in [4.69, 9.17) is 16.2 Å². The van der Waals surface area contributed by atoms with Gasteiger partial charge in [0.05, 0.1) is 13.2 Å². The molecule has 1 aliphatic rings. The lowest BCUT2D eigenvalue weighted by atomic mass is 10.1. The zero-order valence-electron chi connectivity index (χ0n) is 18.9. The highest BCUT2D eigenvalue weighted by molar-refractivity contribution is 6.39. The minimum absolute atomic E-state index is 0. The zero-order chi connectivity index (χ0) is 21.0. The summed E-state index contributed by atoms with van der Waals surface area (Å²) in [5, 5.41) is 0. The van der Waals surface area contributed by atoms with Gasteiger partial charge in [0.25, 0.3) is 0 Å². The molecule has 0 saturated carbocycles. The number of nitrogens with zero attached hydrogens (tertiary/aromatic N) is 3. The smallest absolute Gasteiger partial charge is 0.161 e. The molecule has 3 rings (SSSR count). The van der Waals surface area contributed by atoms with Crippen molar-refractivity contribution in [3.8, 4) is 5.75 Å². The Hall–Kier alpha value is -1.99. The minimum Gasteiger partial charge on any atom is -0.494 e. The van der Waals surface area contributed by atoms with Gasteiger partial charge in [-0.05, 0) is 49.2 Å². The summed E-state index contributed by atoms with van der Waals surface area (Å²) in [5.41, 5.74) is 14.2. The van der Waals surface area contributed by atoms with E-state index in [9.17, 15) is 0 Å². The van der Waals surface area contributed by atoms with Gasteiger partial charge in [-0.2, -0.15) is 0 Å². The first-order chi connectivity index (χ1) is 14.7. The van der Waals surface area contributed by atoms with Gasteiger partial charge < -0.3 is 16.2 Å². The molecule has 33 heavy (non-hydrogen) atoms. The van der Waals surface area contributed by atoms with Crippen LogP contribution >= 0.6 is 37.2 Å². The fourth-order valence-corrected chi connectivity index (χ4v) is 3.49. The van der Waals surface area contributed by atoms with Gasteiger partial charge in [0.2, 0.25) is 0 Å². The third-order valence-electron chi connectivity index (χ3n) is 5.14. The predicted molar refractivity (Wildman–Crippen MR) is 146 cm³/mol. The molecule has 2 aromatic rings. The van der Waals surface area contributed by atoms with Crippen LogP contribution < -0.4 is 16.2 Å². The first-order valence-electron chi connectivity index (χ1n) is 10.8. The molecular formula is C24H36Cl3N5O. The Morgan fingerprint density at radius 2 is 1.48 bits per heavy atom. The van der Waals surface area contributed by atoms with E-state index >= 15 is 0 Å². The quantitative estimate of drug-likeness (QED) is 0.289. The molecule has 184 valence electrons. The number of hydrogen-bond donors (Lipinski definition) is 2. The molecule has 4 N–H and O–H groups in total. The van der Waals surface area contributed by atoms with Crippen LogP contribution in [-0.2, 0) is 13.1 Å². The molecule has 0 atom stereocenters. The van der Waals surface area contributed by atoms with Gasteiger partial charge in [-0.1, -0.05) is 48.9 Å². The second-order valence-corrected chi connectivity index (χ2v) is 7.64. The van der Waals surface area contributed by atoms with Crippen LogP contribution in [0.15, 0.2) is 64.6 Å². The van der Waals surface area contributed by atoms with Gasteiger partial charge >= 0.3 is 0 Å². The molecule has 0 amide bonds. The first kappa shape index (κ1) is 31.0. The molecule has 0 unspecified atom stereocenters. The van der Waals surface area contributed by atoms with Crippen LogP contribution in [0.25, 0.3) is 0 Å². The van der Waals surface area contributed by atoms with Gasteiger partial charge in [-0.25, -0.2) is 0 Å². The van der Waals surface area contributed by atoms with E-state index in [1.54, 1.807) is 0 Å². The highest BCUT2D eigenvalue weighted by Crippen LogP contribution is 2.17. The first-order valence-corrected chi connectivity index (χ1v) is 10.8. The number of nitrogens with two attached hydrogens (primary N) is 2. The fraction of sp³-hybridized carbons (Fsp3) is 0.417. The van der Waals surface area contributed by atoms with Gasteiger partial charge in [0, 0.05) is 19.5 Å². The van der Waals surface area contributed by atoms with Crippen molar-refractivity contribution in [3.63, 3.8) is 0 Å². The molecule has 1 aliphatic heterocycles. The fourth-order valence-electron chi connectivity index (χ4n) is 3.49. The number of aliphatic imine (C=N–C) groups is 2. The molecule has 0 bridgehead atoms. The normalized spacial score (nSPS) is 14.4. The standard InChI is InChI=1S/C24H33N5O.3ClH/c25-23(24(26)28-18-20-9-3-1-4-10-20)27-13-8-16-30-22-12-7-11-21(17-22)19-29-14-5-2-6-15-29;;;/h1,3-4,7,9-12,17H,2,5-6,8,13-16,18-19H2,(H2,25,27)(H2,26,28);3*1H. The van der Waals surface area contributed by atoms with E-state index in [0.717, 1.165) is 24.3 Å². The molecule has 0 radical (unpaired) electrons. The van der Waals surface area contributed by atoms with Gasteiger partial charge in [-0.15, -0.1) is 37.2 Å². The second kappa shape index (κ2) is 17.5. The average molecular weight is 517 g/mol. The Morgan fingerprint density at radius 1 is 0.818 bits per heavy atom. The van der Waals surface area contributed by atoms with Crippen molar-refractivity contribution < 1.29 is 4.74 Å². The zero-order valence-corrected chi connectivity index (χ0v) is 21.3. The summed E-state index contributed by atoms with van der Waals surface area (Å²) in [6.07, 6.45) is 4.74. The van der Waals surface area contributed by atoms with Crippen molar-refractivity contribution in [2.75, 3.05) is 26.2 Å². The summed E-state index contributed by atoms with van der Waals surface area (Å²) in [4.78, 5) is 11.1. The van der Waals surface area contributed by atoms with Crippen molar-refractivity contribution in [1.29, 1.82) is 0 Å². The molecule has 0 aliphatic carbocycles. The molecular weight excluding hydrogens is 481 g/mol. The number of likely N-dealkylation sites (tertiary alicyclic amines) is 1. The molecule has 0 aromatic heterocycles. The summed E-state index contributed by atoms with van der Waals surface area (Å²) < 4.78 is 5.89. The van der Waals surface area contributed by atoms with Crippen LogP contribution in [0, 0.1) is 0 Å². The van der Waals surface area contributed by atoms with Crippen molar-refractivity contribution in [2.45, 2.75) is 38.8 Å². The van der Waals surface area contributed by atoms with E-state index in [2.05, 4.69) is 33.1 Å². The molecule has 6 nitrogen and oxygen atoms in total.